The van der Waals surface area contributed by atoms with E-state index >= 15 is 0 Å². The summed E-state index contributed by atoms with van der Waals surface area (Å²) in [6.07, 6.45) is 0. The van der Waals surface area contributed by atoms with E-state index in [4.69, 9.17) is 14.2 Å². The summed E-state index contributed by atoms with van der Waals surface area (Å²) in [5.41, 5.74) is 0.303. The summed E-state index contributed by atoms with van der Waals surface area (Å²) in [6, 6.07) is 4.74. The first kappa shape index (κ1) is 17.8. The zero-order valence-electron chi connectivity index (χ0n) is 13.5. The van der Waals surface area contributed by atoms with Crippen LogP contribution in [0.5, 0.6) is 11.5 Å². The van der Waals surface area contributed by atoms with E-state index < -0.39 is 5.97 Å². The molecule has 0 radical (unpaired) electrons. The maximum atomic E-state index is 11.9. The molecule has 1 aromatic rings. The minimum atomic E-state index is -0.582. The fourth-order valence-corrected chi connectivity index (χ4v) is 1.65. The lowest BCUT2D eigenvalue weighted by Crippen LogP contribution is -2.31. The number of methoxy groups -OCH3 is 1. The van der Waals surface area contributed by atoms with Gasteiger partial charge in [0.1, 0.15) is 0 Å². The lowest BCUT2D eigenvalue weighted by molar-refractivity contribution is -0.124. The van der Waals surface area contributed by atoms with Crippen molar-refractivity contribution in [1.29, 1.82) is 0 Å². The van der Waals surface area contributed by atoms with Crippen LogP contribution in [0.1, 0.15) is 31.1 Å². The van der Waals surface area contributed by atoms with Gasteiger partial charge in [-0.2, -0.15) is 0 Å². The number of ether oxygens (including phenoxy) is 3. The Bertz CT molecular complexity index is 513. The van der Waals surface area contributed by atoms with Crippen molar-refractivity contribution >= 4 is 11.9 Å². The van der Waals surface area contributed by atoms with E-state index in [1.54, 1.807) is 12.1 Å². The van der Waals surface area contributed by atoms with Crippen LogP contribution in [-0.2, 0) is 9.53 Å². The second-order valence-electron chi connectivity index (χ2n) is 5.07. The van der Waals surface area contributed by atoms with E-state index in [1.807, 2.05) is 20.8 Å². The summed E-state index contributed by atoms with van der Waals surface area (Å²) >= 11 is 0. The Morgan fingerprint density at radius 1 is 1.23 bits per heavy atom. The molecule has 1 amide bonds. The smallest absolute Gasteiger partial charge is 0.338 e. The average Bonchev–Trinajstić information content (AvgIpc) is 2.51. The monoisotopic (exact) mass is 309 g/mol. The Morgan fingerprint density at radius 2 is 1.95 bits per heavy atom. The average molecular weight is 309 g/mol. The largest absolute Gasteiger partial charge is 0.493 e. The van der Waals surface area contributed by atoms with Crippen LogP contribution in [0.3, 0.4) is 0 Å². The molecule has 1 rings (SSSR count). The zero-order chi connectivity index (χ0) is 16.5. The van der Waals surface area contributed by atoms with E-state index in [2.05, 4.69) is 5.32 Å². The predicted octanol–water partition coefficient (Wildman–Crippen LogP) is 2.02. The molecular formula is C16H23NO5. The highest BCUT2D eigenvalue weighted by molar-refractivity contribution is 5.92. The van der Waals surface area contributed by atoms with E-state index in [1.165, 1.54) is 13.2 Å². The van der Waals surface area contributed by atoms with Crippen molar-refractivity contribution < 1.29 is 23.8 Å². The standard InChI is InChI=1S/C16H23NO5/c1-5-21-13-7-6-12(8-14(13)20-4)16(19)22-10-15(18)17-9-11(2)3/h6-8,11H,5,9-10H2,1-4H3,(H,17,18). The molecule has 1 N–H and O–H groups in total. The molecule has 1 aromatic carbocycles. The Kier molecular flexibility index (Phi) is 7.22. The summed E-state index contributed by atoms with van der Waals surface area (Å²) in [4.78, 5) is 23.4. The minimum absolute atomic E-state index is 0.303. The number of hydrogen-bond donors (Lipinski definition) is 1. The molecule has 0 aliphatic carbocycles. The fourth-order valence-electron chi connectivity index (χ4n) is 1.65. The van der Waals surface area contributed by atoms with Gasteiger partial charge < -0.3 is 19.5 Å². The summed E-state index contributed by atoms with van der Waals surface area (Å²) in [7, 11) is 1.49. The molecule has 0 aliphatic rings. The van der Waals surface area contributed by atoms with Crippen molar-refractivity contribution in [3.8, 4) is 11.5 Å². The lowest BCUT2D eigenvalue weighted by atomic mass is 10.2. The van der Waals surface area contributed by atoms with Gasteiger partial charge in [0.2, 0.25) is 0 Å². The Hall–Kier alpha value is -2.24. The molecular weight excluding hydrogens is 286 g/mol. The number of amides is 1. The van der Waals surface area contributed by atoms with Gasteiger partial charge in [0.15, 0.2) is 18.1 Å². The highest BCUT2D eigenvalue weighted by Gasteiger charge is 2.13. The molecule has 0 aliphatic heterocycles. The van der Waals surface area contributed by atoms with E-state index in [0.29, 0.717) is 36.1 Å². The van der Waals surface area contributed by atoms with Gasteiger partial charge in [0, 0.05) is 6.54 Å². The van der Waals surface area contributed by atoms with Gasteiger partial charge in [-0.3, -0.25) is 4.79 Å². The third kappa shape index (κ3) is 5.63. The Balaban J connectivity index is 2.60. The van der Waals surface area contributed by atoms with Crippen LogP contribution >= 0.6 is 0 Å². The lowest BCUT2D eigenvalue weighted by Gasteiger charge is -2.11. The van der Waals surface area contributed by atoms with Gasteiger partial charge in [-0.1, -0.05) is 13.8 Å². The molecule has 122 valence electrons. The summed E-state index contributed by atoms with van der Waals surface area (Å²) < 4.78 is 15.5. The molecule has 0 saturated carbocycles. The number of rotatable bonds is 8. The number of carbonyl (C=O) groups excluding carboxylic acids is 2. The van der Waals surface area contributed by atoms with Crippen LogP contribution in [0.4, 0.5) is 0 Å². The third-order valence-electron chi connectivity index (χ3n) is 2.74. The fraction of sp³-hybridized carbons (Fsp3) is 0.500. The van der Waals surface area contributed by atoms with Gasteiger partial charge in [0.25, 0.3) is 5.91 Å². The van der Waals surface area contributed by atoms with Crippen molar-refractivity contribution in [3.63, 3.8) is 0 Å². The maximum absolute atomic E-state index is 11.9. The number of carbonyl (C=O) groups is 2. The molecule has 0 atom stereocenters. The van der Waals surface area contributed by atoms with Gasteiger partial charge >= 0.3 is 5.97 Å². The molecule has 0 aromatic heterocycles. The van der Waals surface area contributed by atoms with Gasteiger partial charge in [-0.05, 0) is 31.0 Å². The Morgan fingerprint density at radius 3 is 2.55 bits per heavy atom. The number of hydrogen-bond acceptors (Lipinski definition) is 5. The number of esters is 1. The minimum Gasteiger partial charge on any atom is -0.493 e. The van der Waals surface area contributed by atoms with Crippen LogP contribution in [-0.4, -0.2) is 38.7 Å². The molecule has 0 fully saturated rings. The molecule has 0 saturated heterocycles. The van der Waals surface area contributed by atoms with Crippen molar-refractivity contribution in [3.05, 3.63) is 23.8 Å². The molecule has 6 heteroatoms. The molecule has 0 spiro atoms. The summed E-state index contributed by atoms with van der Waals surface area (Å²) in [5.74, 6) is 0.438. The van der Waals surface area contributed by atoms with Crippen molar-refractivity contribution in [2.75, 3.05) is 26.9 Å². The highest BCUT2D eigenvalue weighted by Crippen LogP contribution is 2.28. The van der Waals surface area contributed by atoms with Crippen LogP contribution in [0.25, 0.3) is 0 Å². The molecule has 0 bridgehead atoms. The first-order valence-electron chi connectivity index (χ1n) is 7.22. The second-order valence-corrected chi connectivity index (χ2v) is 5.07. The molecule has 6 nitrogen and oxygen atoms in total. The third-order valence-corrected chi connectivity index (χ3v) is 2.74. The van der Waals surface area contributed by atoms with Gasteiger partial charge in [-0.15, -0.1) is 0 Å². The van der Waals surface area contributed by atoms with Crippen molar-refractivity contribution in [1.82, 2.24) is 5.32 Å². The number of benzene rings is 1. The summed E-state index contributed by atoms with van der Waals surface area (Å²) in [5, 5.41) is 2.68. The van der Waals surface area contributed by atoms with Gasteiger partial charge in [0.05, 0.1) is 19.3 Å². The van der Waals surface area contributed by atoms with E-state index in [9.17, 15) is 9.59 Å². The van der Waals surface area contributed by atoms with Crippen LogP contribution in [0.2, 0.25) is 0 Å². The van der Waals surface area contributed by atoms with Crippen LogP contribution < -0.4 is 14.8 Å². The van der Waals surface area contributed by atoms with Crippen molar-refractivity contribution in [2.24, 2.45) is 5.92 Å². The zero-order valence-corrected chi connectivity index (χ0v) is 13.5. The van der Waals surface area contributed by atoms with Crippen LogP contribution in [0.15, 0.2) is 18.2 Å². The van der Waals surface area contributed by atoms with Gasteiger partial charge in [-0.25, -0.2) is 4.79 Å². The Labute approximate surface area is 130 Å². The first-order chi connectivity index (χ1) is 10.5. The first-order valence-corrected chi connectivity index (χ1v) is 7.22. The van der Waals surface area contributed by atoms with Crippen LogP contribution in [0, 0.1) is 5.92 Å². The number of nitrogens with one attached hydrogen (secondary N) is 1. The molecule has 0 heterocycles. The SMILES string of the molecule is CCOc1ccc(C(=O)OCC(=O)NCC(C)C)cc1OC. The normalized spacial score (nSPS) is 10.2. The highest BCUT2D eigenvalue weighted by atomic mass is 16.5. The predicted molar refractivity (Wildman–Crippen MR) is 82.3 cm³/mol. The van der Waals surface area contributed by atoms with E-state index in [0.717, 1.165) is 0 Å². The topological polar surface area (TPSA) is 73.9 Å². The second kappa shape index (κ2) is 8.92. The quantitative estimate of drug-likeness (QED) is 0.744. The van der Waals surface area contributed by atoms with E-state index in [-0.39, 0.29) is 12.5 Å². The van der Waals surface area contributed by atoms with Crippen molar-refractivity contribution in [2.45, 2.75) is 20.8 Å². The molecule has 22 heavy (non-hydrogen) atoms. The molecule has 0 unspecified atom stereocenters. The summed E-state index contributed by atoms with van der Waals surface area (Å²) in [6.45, 7) is 6.57. The maximum Gasteiger partial charge on any atom is 0.338 e.